The summed E-state index contributed by atoms with van der Waals surface area (Å²) in [5.74, 6) is -0.437. The number of benzene rings is 2. The van der Waals surface area contributed by atoms with Gasteiger partial charge in [0.1, 0.15) is 6.04 Å². The number of hydrogen-bond acceptors (Lipinski definition) is 4. The van der Waals surface area contributed by atoms with E-state index in [4.69, 9.17) is 11.6 Å². The second-order valence-electron chi connectivity index (χ2n) is 8.39. The van der Waals surface area contributed by atoms with Crippen LogP contribution in [0, 0.1) is 6.92 Å². The number of carbonyl (C=O) groups excluding carboxylic acids is 2. The molecule has 9 heteroatoms. The third-order valence-corrected chi connectivity index (χ3v) is 6.90. The number of rotatable bonds is 12. The van der Waals surface area contributed by atoms with Crippen LogP contribution in [0.15, 0.2) is 48.5 Å². The largest absolute Gasteiger partial charge is 0.354 e. The fourth-order valence-corrected chi connectivity index (χ4v) is 4.57. The fourth-order valence-electron chi connectivity index (χ4n) is 3.48. The van der Waals surface area contributed by atoms with Crippen LogP contribution in [-0.2, 0) is 26.2 Å². The van der Waals surface area contributed by atoms with Gasteiger partial charge < -0.3 is 10.2 Å². The Balaban J connectivity index is 2.13. The van der Waals surface area contributed by atoms with Gasteiger partial charge in [0.05, 0.1) is 11.9 Å². The van der Waals surface area contributed by atoms with Crippen molar-refractivity contribution >= 4 is 39.1 Å². The first-order valence-electron chi connectivity index (χ1n) is 11.4. The van der Waals surface area contributed by atoms with Crippen molar-refractivity contribution in [1.29, 1.82) is 0 Å². The Hall–Kier alpha value is -2.58. The summed E-state index contributed by atoms with van der Waals surface area (Å²) >= 11 is 5.98. The molecule has 0 spiro atoms. The van der Waals surface area contributed by atoms with Crippen LogP contribution in [0.2, 0.25) is 5.02 Å². The van der Waals surface area contributed by atoms with E-state index < -0.39 is 16.1 Å². The lowest BCUT2D eigenvalue weighted by molar-refractivity contribution is -0.140. The van der Waals surface area contributed by atoms with E-state index in [0.717, 1.165) is 23.8 Å². The number of nitrogens with zero attached hydrogens (tertiary/aromatic N) is 2. The lowest BCUT2D eigenvalue weighted by atomic mass is 10.1. The summed E-state index contributed by atoms with van der Waals surface area (Å²) < 4.78 is 26.0. The van der Waals surface area contributed by atoms with Crippen molar-refractivity contribution in [3.05, 3.63) is 64.7 Å². The van der Waals surface area contributed by atoms with E-state index in [1.54, 1.807) is 31.2 Å². The third-order valence-electron chi connectivity index (χ3n) is 5.46. The van der Waals surface area contributed by atoms with E-state index in [9.17, 15) is 18.0 Å². The van der Waals surface area contributed by atoms with Gasteiger partial charge in [0, 0.05) is 31.1 Å². The molecule has 0 aliphatic carbocycles. The second kappa shape index (κ2) is 12.8. The number of carbonyl (C=O) groups is 2. The number of nitrogens with one attached hydrogen (secondary N) is 1. The van der Waals surface area contributed by atoms with Crippen molar-refractivity contribution in [3.8, 4) is 0 Å². The second-order valence-corrected chi connectivity index (χ2v) is 10.7. The van der Waals surface area contributed by atoms with E-state index in [-0.39, 0.29) is 31.3 Å². The molecule has 2 aromatic carbocycles. The zero-order chi connectivity index (χ0) is 25.3. The molecule has 0 aromatic heterocycles. The fraction of sp³-hybridized carbons (Fsp3) is 0.440. The molecule has 34 heavy (non-hydrogen) atoms. The predicted octanol–water partition coefficient (Wildman–Crippen LogP) is 4.14. The number of anilines is 1. The molecule has 0 heterocycles. The molecule has 2 aromatic rings. The van der Waals surface area contributed by atoms with E-state index in [1.807, 2.05) is 38.1 Å². The van der Waals surface area contributed by atoms with Crippen molar-refractivity contribution in [1.82, 2.24) is 10.2 Å². The highest BCUT2D eigenvalue weighted by Crippen LogP contribution is 2.20. The zero-order valence-electron chi connectivity index (χ0n) is 20.3. The molecular weight excluding hydrogens is 474 g/mol. The van der Waals surface area contributed by atoms with E-state index in [0.29, 0.717) is 23.7 Å². The molecule has 0 aliphatic heterocycles. The summed E-state index contributed by atoms with van der Waals surface area (Å²) in [6.07, 6.45) is 2.38. The maximum Gasteiger partial charge on any atom is 0.242 e. The van der Waals surface area contributed by atoms with Crippen LogP contribution in [0.3, 0.4) is 0 Å². The molecule has 7 nitrogen and oxygen atoms in total. The van der Waals surface area contributed by atoms with Gasteiger partial charge >= 0.3 is 0 Å². The summed E-state index contributed by atoms with van der Waals surface area (Å²) in [5.41, 5.74) is 2.44. The molecule has 1 unspecified atom stereocenters. The first kappa shape index (κ1) is 27.7. The molecule has 0 aliphatic rings. The number of amides is 2. The minimum atomic E-state index is -3.51. The number of halogens is 1. The smallest absolute Gasteiger partial charge is 0.242 e. The van der Waals surface area contributed by atoms with E-state index in [2.05, 4.69) is 5.32 Å². The van der Waals surface area contributed by atoms with Crippen LogP contribution in [0.4, 0.5) is 5.69 Å². The molecule has 1 atom stereocenters. The predicted molar refractivity (Wildman–Crippen MR) is 137 cm³/mol. The number of hydrogen-bond donors (Lipinski definition) is 1. The van der Waals surface area contributed by atoms with Gasteiger partial charge in [-0.25, -0.2) is 8.42 Å². The van der Waals surface area contributed by atoms with Crippen LogP contribution in [0.25, 0.3) is 0 Å². The van der Waals surface area contributed by atoms with Crippen LogP contribution in [-0.4, -0.2) is 50.5 Å². The Labute approximate surface area is 208 Å². The van der Waals surface area contributed by atoms with Crippen molar-refractivity contribution in [2.45, 2.75) is 52.6 Å². The van der Waals surface area contributed by atoms with Crippen molar-refractivity contribution in [2.75, 3.05) is 23.7 Å². The van der Waals surface area contributed by atoms with Gasteiger partial charge in [0.25, 0.3) is 0 Å². The number of sulfonamides is 1. The summed E-state index contributed by atoms with van der Waals surface area (Å²) in [7, 11) is -3.51. The SMILES string of the molecule is CCCNC(=O)C(C)N(Cc1ccc(Cl)cc1)C(=O)CCCN(c1ccc(C)cc1)S(C)(=O)=O. The monoisotopic (exact) mass is 507 g/mol. The van der Waals surface area contributed by atoms with Crippen molar-refractivity contribution in [2.24, 2.45) is 0 Å². The van der Waals surface area contributed by atoms with Crippen molar-refractivity contribution in [3.63, 3.8) is 0 Å². The van der Waals surface area contributed by atoms with Gasteiger partial charge in [-0.2, -0.15) is 0 Å². The summed E-state index contributed by atoms with van der Waals surface area (Å²) in [5, 5.41) is 3.43. The lowest BCUT2D eigenvalue weighted by Gasteiger charge is -2.29. The average molecular weight is 508 g/mol. The van der Waals surface area contributed by atoms with Crippen molar-refractivity contribution < 1.29 is 18.0 Å². The average Bonchev–Trinajstić information content (AvgIpc) is 2.79. The number of aryl methyl sites for hydroxylation is 1. The molecule has 1 N–H and O–H groups in total. The molecule has 186 valence electrons. The molecule has 2 rings (SSSR count). The zero-order valence-corrected chi connectivity index (χ0v) is 21.8. The van der Waals surface area contributed by atoms with Gasteiger partial charge in [0.15, 0.2) is 0 Å². The Morgan fingerprint density at radius 1 is 1.06 bits per heavy atom. The molecule has 0 saturated carbocycles. The van der Waals surface area contributed by atoms with E-state index in [1.165, 1.54) is 9.21 Å². The molecule has 0 bridgehead atoms. The topological polar surface area (TPSA) is 86.8 Å². The van der Waals surface area contributed by atoms with Gasteiger partial charge in [-0.15, -0.1) is 0 Å². The summed E-state index contributed by atoms with van der Waals surface area (Å²) in [6.45, 7) is 6.55. The van der Waals surface area contributed by atoms with Crippen LogP contribution in [0.5, 0.6) is 0 Å². The van der Waals surface area contributed by atoms with Gasteiger partial charge in [-0.3, -0.25) is 13.9 Å². The third kappa shape index (κ3) is 8.33. The first-order chi connectivity index (χ1) is 16.0. The first-order valence-corrected chi connectivity index (χ1v) is 13.6. The molecule has 0 saturated heterocycles. The van der Waals surface area contributed by atoms with Crippen LogP contribution < -0.4 is 9.62 Å². The van der Waals surface area contributed by atoms with Crippen LogP contribution in [0.1, 0.15) is 44.2 Å². The quantitative estimate of drug-likeness (QED) is 0.467. The molecule has 2 amide bonds. The summed E-state index contributed by atoms with van der Waals surface area (Å²) in [4.78, 5) is 27.3. The molecular formula is C25H34ClN3O4S. The Morgan fingerprint density at radius 2 is 1.68 bits per heavy atom. The summed E-state index contributed by atoms with van der Waals surface area (Å²) in [6, 6.07) is 13.7. The minimum Gasteiger partial charge on any atom is -0.354 e. The molecule has 0 fully saturated rings. The lowest BCUT2D eigenvalue weighted by Crippen LogP contribution is -2.47. The Morgan fingerprint density at radius 3 is 2.24 bits per heavy atom. The standard InChI is InChI=1S/C25H34ClN3O4S/c1-5-16-27-25(31)20(3)28(18-21-10-12-22(26)13-11-21)24(30)7-6-17-29(34(4,32)33)23-14-8-19(2)9-15-23/h8-15,20H,5-7,16-18H2,1-4H3,(H,27,31). The van der Waals surface area contributed by atoms with Gasteiger partial charge in [-0.05, 0) is 56.5 Å². The highest BCUT2D eigenvalue weighted by atomic mass is 35.5. The van der Waals surface area contributed by atoms with Crippen LogP contribution >= 0.6 is 11.6 Å². The maximum atomic E-state index is 13.2. The highest BCUT2D eigenvalue weighted by Gasteiger charge is 2.26. The van der Waals surface area contributed by atoms with E-state index >= 15 is 0 Å². The minimum absolute atomic E-state index is 0.108. The van der Waals surface area contributed by atoms with Gasteiger partial charge in [-0.1, -0.05) is 48.4 Å². The van der Waals surface area contributed by atoms with Gasteiger partial charge in [0.2, 0.25) is 21.8 Å². The normalized spacial score (nSPS) is 12.1. The highest BCUT2D eigenvalue weighted by molar-refractivity contribution is 7.92. The maximum absolute atomic E-state index is 13.2. The Bertz CT molecular complexity index is 1060. The molecule has 0 radical (unpaired) electrons. The Kier molecular flexibility index (Phi) is 10.4.